The Morgan fingerprint density at radius 3 is 2.39 bits per heavy atom. The van der Waals surface area contributed by atoms with E-state index in [9.17, 15) is 19.1 Å². The number of aliphatic hydroxyl groups excluding tert-OH is 1. The zero-order chi connectivity index (χ0) is 22.7. The van der Waals surface area contributed by atoms with Gasteiger partial charge in [0.05, 0.1) is 25.8 Å². The van der Waals surface area contributed by atoms with Crippen molar-refractivity contribution in [2.24, 2.45) is 0 Å². The monoisotopic (exact) mass is 428 g/mol. The number of carbonyl (C=O) groups is 2. The molecule has 0 aromatic heterocycles. The summed E-state index contributed by atoms with van der Waals surface area (Å²) in [6.45, 7) is 0.660. The van der Waals surface area contributed by atoms with E-state index in [0.29, 0.717) is 18.0 Å². The summed E-state index contributed by atoms with van der Waals surface area (Å²) in [7, 11) is 6.59. The molecule has 1 saturated heterocycles. The Morgan fingerprint density at radius 1 is 1.10 bits per heavy atom. The fraction of sp³-hybridized carbons (Fsp3) is 0.304. The Hall–Kier alpha value is -3.39. The predicted molar refractivity (Wildman–Crippen MR) is 114 cm³/mol. The fourth-order valence-electron chi connectivity index (χ4n) is 3.58. The zero-order valence-electron chi connectivity index (χ0n) is 17.9. The minimum absolute atomic E-state index is 0.141. The third-order valence-electron chi connectivity index (χ3n) is 5.18. The van der Waals surface area contributed by atoms with E-state index in [0.717, 1.165) is 0 Å². The van der Waals surface area contributed by atoms with E-state index >= 15 is 0 Å². The van der Waals surface area contributed by atoms with Gasteiger partial charge in [0.1, 0.15) is 11.6 Å². The average Bonchev–Trinajstić information content (AvgIpc) is 3.01. The van der Waals surface area contributed by atoms with Crippen molar-refractivity contribution in [1.29, 1.82) is 0 Å². The van der Waals surface area contributed by atoms with E-state index in [4.69, 9.17) is 9.47 Å². The molecule has 0 radical (unpaired) electrons. The molecule has 0 aliphatic carbocycles. The van der Waals surface area contributed by atoms with Crippen LogP contribution in [0.5, 0.6) is 11.5 Å². The first-order valence-electron chi connectivity index (χ1n) is 9.70. The normalized spacial score (nSPS) is 18.0. The summed E-state index contributed by atoms with van der Waals surface area (Å²) in [5.74, 6) is -1.83. The number of ketones is 1. The summed E-state index contributed by atoms with van der Waals surface area (Å²) in [4.78, 5) is 28.9. The van der Waals surface area contributed by atoms with Gasteiger partial charge in [-0.2, -0.15) is 0 Å². The molecule has 1 N–H and O–H groups in total. The molecule has 31 heavy (non-hydrogen) atoms. The number of amides is 1. The highest BCUT2D eigenvalue weighted by Crippen LogP contribution is 2.41. The van der Waals surface area contributed by atoms with Crippen molar-refractivity contribution in [1.82, 2.24) is 9.80 Å². The van der Waals surface area contributed by atoms with E-state index in [-0.39, 0.29) is 23.2 Å². The highest BCUT2D eigenvalue weighted by atomic mass is 19.1. The first kappa shape index (κ1) is 22.3. The highest BCUT2D eigenvalue weighted by molar-refractivity contribution is 6.46. The average molecular weight is 428 g/mol. The third-order valence-corrected chi connectivity index (χ3v) is 5.18. The molecule has 1 aliphatic heterocycles. The second-order valence-corrected chi connectivity index (χ2v) is 7.39. The van der Waals surface area contributed by atoms with Crippen LogP contribution in [0.25, 0.3) is 5.76 Å². The van der Waals surface area contributed by atoms with E-state index in [1.165, 1.54) is 43.4 Å². The van der Waals surface area contributed by atoms with Crippen LogP contribution in [-0.2, 0) is 9.59 Å². The molecule has 1 heterocycles. The van der Waals surface area contributed by atoms with Crippen LogP contribution in [0.1, 0.15) is 17.2 Å². The largest absolute Gasteiger partial charge is 0.507 e. The smallest absolute Gasteiger partial charge is 0.295 e. The van der Waals surface area contributed by atoms with Gasteiger partial charge < -0.3 is 24.4 Å². The maximum atomic E-state index is 14.7. The Kier molecular flexibility index (Phi) is 6.60. The summed E-state index contributed by atoms with van der Waals surface area (Å²) < 4.78 is 25.2. The van der Waals surface area contributed by atoms with Gasteiger partial charge in [0.2, 0.25) is 0 Å². The van der Waals surface area contributed by atoms with Gasteiger partial charge >= 0.3 is 0 Å². The maximum Gasteiger partial charge on any atom is 0.295 e. The molecule has 2 aromatic carbocycles. The Bertz CT molecular complexity index is 1030. The van der Waals surface area contributed by atoms with Gasteiger partial charge in [0.25, 0.3) is 11.7 Å². The van der Waals surface area contributed by atoms with E-state index in [2.05, 4.69) is 0 Å². The number of hydrogen-bond donors (Lipinski definition) is 1. The zero-order valence-corrected chi connectivity index (χ0v) is 17.9. The van der Waals surface area contributed by atoms with Gasteiger partial charge in [-0.25, -0.2) is 4.39 Å². The standard InChI is InChI=1S/C23H25FN2O5/c1-25(2)11-12-26-20(15-7-5-6-8-16(15)24)19(22(28)23(26)29)21(27)14-9-10-17(30-3)18(13-14)31-4/h5-10,13,20,27H,11-12H2,1-4H3/b21-19+. The number of likely N-dealkylation sites (N-methyl/N-ethyl adjacent to an activating group) is 1. The van der Waals surface area contributed by atoms with Gasteiger partial charge in [0, 0.05) is 24.2 Å². The molecule has 7 nitrogen and oxygen atoms in total. The first-order chi connectivity index (χ1) is 14.8. The number of aliphatic hydroxyl groups is 1. The van der Waals surface area contributed by atoms with Crippen LogP contribution in [-0.4, -0.2) is 68.0 Å². The molecule has 0 saturated carbocycles. The number of rotatable bonds is 7. The number of carbonyl (C=O) groups excluding carboxylic acids is 2. The number of nitrogens with zero attached hydrogens (tertiary/aromatic N) is 2. The van der Waals surface area contributed by atoms with Gasteiger partial charge in [-0.05, 0) is 38.4 Å². The van der Waals surface area contributed by atoms with Crippen LogP contribution >= 0.6 is 0 Å². The molecule has 1 atom stereocenters. The van der Waals surface area contributed by atoms with E-state index < -0.39 is 29.3 Å². The Balaban J connectivity index is 2.18. The molecular weight excluding hydrogens is 403 g/mol. The second-order valence-electron chi connectivity index (χ2n) is 7.39. The van der Waals surface area contributed by atoms with Crippen molar-refractivity contribution < 1.29 is 28.6 Å². The highest BCUT2D eigenvalue weighted by Gasteiger charge is 2.46. The van der Waals surface area contributed by atoms with Crippen molar-refractivity contribution in [3.8, 4) is 11.5 Å². The number of methoxy groups -OCH3 is 2. The van der Waals surface area contributed by atoms with Crippen LogP contribution in [0.3, 0.4) is 0 Å². The number of hydrogen-bond acceptors (Lipinski definition) is 6. The molecule has 1 aliphatic rings. The van der Waals surface area contributed by atoms with E-state index in [1.54, 1.807) is 18.2 Å². The quantitative estimate of drug-likeness (QED) is 0.415. The first-order valence-corrected chi connectivity index (χ1v) is 9.70. The molecule has 8 heteroatoms. The van der Waals surface area contributed by atoms with Crippen LogP contribution < -0.4 is 9.47 Å². The van der Waals surface area contributed by atoms with Crippen molar-refractivity contribution >= 4 is 17.4 Å². The molecular formula is C23H25FN2O5. The second kappa shape index (κ2) is 9.18. The van der Waals surface area contributed by atoms with Crippen molar-refractivity contribution in [2.75, 3.05) is 41.4 Å². The third kappa shape index (κ3) is 4.25. The van der Waals surface area contributed by atoms with Gasteiger partial charge in [0.15, 0.2) is 11.5 Å². The summed E-state index contributed by atoms with van der Waals surface area (Å²) in [6.07, 6.45) is 0. The lowest BCUT2D eigenvalue weighted by atomic mass is 9.95. The number of Topliss-reactive ketones (excluding diaryl/α,β-unsaturated/α-hetero) is 1. The van der Waals surface area contributed by atoms with Crippen LogP contribution in [0.15, 0.2) is 48.0 Å². The van der Waals surface area contributed by atoms with Crippen molar-refractivity contribution in [2.45, 2.75) is 6.04 Å². The Labute approximate surface area is 180 Å². The summed E-state index contributed by atoms with van der Waals surface area (Å²) >= 11 is 0. The molecule has 1 fully saturated rings. The number of benzene rings is 2. The molecule has 0 spiro atoms. The summed E-state index contributed by atoms with van der Waals surface area (Å²) in [5.41, 5.74) is 0.230. The Morgan fingerprint density at radius 2 is 1.77 bits per heavy atom. The molecule has 1 unspecified atom stereocenters. The van der Waals surface area contributed by atoms with Crippen LogP contribution in [0.4, 0.5) is 4.39 Å². The summed E-state index contributed by atoms with van der Waals surface area (Å²) in [5, 5.41) is 11.1. The SMILES string of the molecule is COc1ccc(/C(O)=C2\C(=O)C(=O)N(CCN(C)C)C2c2ccccc2F)cc1OC. The van der Waals surface area contributed by atoms with Gasteiger partial charge in [-0.3, -0.25) is 9.59 Å². The minimum Gasteiger partial charge on any atom is -0.507 e. The predicted octanol–water partition coefficient (Wildman–Crippen LogP) is 2.83. The fourth-order valence-corrected chi connectivity index (χ4v) is 3.58. The topological polar surface area (TPSA) is 79.3 Å². The summed E-state index contributed by atoms with van der Waals surface area (Å²) in [6, 6.07) is 9.50. The van der Waals surface area contributed by atoms with Crippen molar-refractivity contribution in [3.05, 3.63) is 65.0 Å². The molecule has 3 rings (SSSR count). The lowest BCUT2D eigenvalue weighted by Crippen LogP contribution is -2.35. The molecule has 164 valence electrons. The molecule has 2 aromatic rings. The van der Waals surface area contributed by atoms with Crippen LogP contribution in [0.2, 0.25) is 0 Å². The minimum atomic E-state index is -1.05. The van der Waals surface area contributed by atoms with Gasteiger partial charge in [-0.15, -0.1) is 0 Å². The number of halogens is 1. The lowest BCUT2D eigenvalue weighted by Gasteiger charge is -2.26. The number of ether oxygens (including phenoxy) is 2. The van der Waals surface area contributed by atoms with Gasteiger partial charge in [-0.1, -0.05) is 18.2 Å². The molecule has 1 amide bonds. The molecule has 0 bridgehead atoms. The lowest BCUT2D eigenvalue weighted by molar-refractivity contribution is -0.140. The number of likely N-dealkylation sites (tertiary alicyclic amines) is 1. The maximum absolute atomic E-state index is 14.7. The van der Waals surface area contributed by atoms with E-state index in [1.807, 2.05) is 19.0 Å². The van der Waals surface area contributed by atoms with Crippen molar-refractivity contribution in [3.63, 3.8) is 0 Å². The van der Waals surface area contributed by atoms with Crippen LogP contribution in [0, 0.1) is 5.82 Å².